The average molecular weight is 830 g/mol. The molecule has 0 bridgehead atoms. The van der Waals surface area contributed by atoms with Crippen molar-refractivity contribution in [3.05, 3.63) is 12.2 Å². The molecule has 338 valence electrons. The lowest BCUT2D eigenvalue weighted by Gasteiger charge is -2.48. The maximum absolute atomic E-state index is 14.2. The SMILES string of the molecule is C=C1C(=O)O[C@H](CC)[C@@](C)(O)[C@H](O)[C@@H](C)NCC(=O)[C@H](C)C[C@@](C)(OC)[C@H](O[C@@H]2OC(C)C[C@H](N(C)C)[C@H]2O)[C@@H](C)[C@@H]1OC(O)CCN1CCN(CCN(C)C)CC1. The van der Waals surface area contributed by atoms with Crippen LogP contribution in [0.5, 0.6) is 0 Å². The Balaban J connectivity index is 2.04. The first-order chi connectivity index (χ1) is 27.1. The summed E-state index contributed by atoms with van der Waals surface area (Å²) in [6.07, 6.45) is -7.55. The molecule has 0 aromatic rings. The van der Waals surface area contributed by atoms with E-state index in [2.05, 4.69) is 40.7 Å². The van der Waals surface area contributed by atoms with E-state index in [1.807, 2.05) is 25.9 Å². The van der Waals surface area contributed by atoms with Crippen molar-refractivity contribution in [1.82, 2.24) is 24.9 Å². The summed E-state index contributed by atoms with van der Waals surface area (Å²) in [6, 6.07) is -1.05. The van der Waals surface area contributed by atoms with Gasteiger partial charge in [0.15, 0.2) is 12.6 Å². The van der Waals surface area contributed by atoms with Gasteiger partial charge in [0, 0.05) is 83.3 Å². The minimum absolute atomic E-state index is 0.112. The molecule has 58 heavy (non-hydrogen) atoms. The van der Waals surface area contributed by atoms with Gasteiger partial charge in [-0.3, -0.25) is 9.69 Å². The second kappa shape index (κ2) is 22.5. The number of hydrogen-bond acceptors (Lipinski definition) is 16. The predicted octanol–water partition coefficient (Wildman–Crippen LogP) is 0.689. The molecule has 0 radical (unpaired) electrons. The Morgan fingerprint density at radius 2 is 1.62 bits per heavy atom. The lowest BCUT2D eigenvalue weighted by Crippen LogP contribution is -2.60. The molecule has 3 aliphatic rings. The van der Waals surface area contributed by atoms with Crippen LogP contribution < -0.4 is 5.32 Å². The number of ether oxygens (including phenoxy) is 5. The summed E-state index contributed by atoms with van der Waals surface area (Å²) in [6.45, 7) is 22.1. The Morgan fingerprint density at radius 3 is 2.17 bits per heavy atom. The van der Waals surface area contributed by atoms with Gasteiger partial charge in [0.2, 0.25) is 0 Å². The molecule has 0 spiro atoms. The molecule has 14 atom stereocenters. The van der Waals surface area contributed by atoms with E-state index < -0.39 is 78.1 Å². The molecule has 2 unspecified atom stereocenters. The molecule has 3 rings (SSSR count). The number of methoxy groups -OCH3 is 1. The van der Waals surface area contributed by atoms with Crippen molar-refractivity contribution in [3.63, 3.8) is 0 Å². The van der Waals surface area contributed by atoms with Crippen LogP contribution in [-0.2, 0) is 33.3 Å². The summed E-state index contributed by atoms with van der Waals surface area (Å²) >= 11 is 0. The van der Waals surface area contributed by atoms with Crippen LogP contribution >= 0.6 is 0 Å². The minimum Gasteiger partial charge on any atom is -0.456 e. The van der Waals surface area contributed by atoms with E-state index in [1.54, 1.807) is 34.6 Å². The second-order valence-electron chi connectivity index (χ2n) is 18.0. The Hall–Kier alpha value is -1.64. The molecule has 0 saturated carbocycles. The van der Waals surface area contributed by atoms with E-state index >= 15 is 0 Å². The van der Waals surface area contributed by atoms with Crippen LogP contribution in [0.25, 0.3) is 0 Å². The normalized spacial score (nSPS) is 39.3. The third-order valence-corrected chi connectivity index (χ3v) is 12.7. The zero-order valence-electron chi connectivity index (χ0n) is 37.6. The number of carbonyl (C=O) groups is 2. The van der Waals surface area contributed by atoms with Crippen molar-refractivity contribution >= 4 is 11.8 Å². The Bertz CT molecular complexity index is 1300. The number of piperazine rings is 1. The van der Waals surface area contributed by atoms with E-state index in [0.29, 0.717) is 13.0 Å². The number of aliphatic hydroxyl groups excluding tert-OH is 3. The fraction of sp³-hybridized carbons (Fsp3) is 0.905. The van der Waals surface area contributed by atoms with Gasteiger partial charge in [0.05, 0.1) is 36.0 Å². The molecular formula is C42H79N5O11. The monoisotopic (exact) mass is 830 g/mol. The molecule has 3 fully saturated rings. The predicted molar refractivity (Wildman–Crippen MR) is 221 cm³/mol. The molecule has 3 heterocycles. The fourth-order valence-corrected chi connectivity index (χ4v) is 8.63. The van der Waals surface area contributed by atoms with Gasteiger partial charge in [-0.15, -0.1) is 0 Å². The lowest BCUT2D eigenvalue weighted by atomic mass is 9.78. The van der Waals surface area contributed by atoms with Gasteiger partial charge >= 0.3 is 5.97 Å². The first-order valence-corrected chi connectivity index (χ1v) is 21.3. The molecule has 3 saturated heterocycles. The molecule has 3 aliphatic heterocycles. The van der Waals surface area contributed by atoms with Crippen LogP contribution in [0, 0.1) is 11.8 Å². The van der Waals surface area contributed by atoms with Crippen molar-refractivity contribution in [1.29, 1.82) is 0 Å². The Morgan fingerprint density at radius 1 is 1.02 bits per heavy atom. The second-order valence-corrected chi connectivity index (χ2v) is 18.0. The summed E-state index contributed by atoms with van der Waals surface area (Å²) in [7, 11) is 9.40. The molecule has 16 nitrogen and oxygen atoms in total. The van der Waals surface area contributed by atoms with E-state index in [1.165, 1.54) is 14.0 Å². The van der Waals surface area contributed by atoms with Crippen molar-refractivity contribution in [2.75, 3.05) is 87.7 Å². The van der Waals surface area contributed by atoms with Crippen LogP contribution in [0.15, 0.2) is 12.2 Å². The maximum atomic E-state index is 14.2. The Labute approximate surface area is 348 Å². The zero-order chi connectivity index (χ0) is 43.7. The average Bonchev–Trinajstić information content (AvgIpc) is 3.17. The number of esters is 1. The highest BCUT2D eigenvalue weighted by molar-refractivity contribution is 5.89. The number of Topliss-reactive ketones (excluding diaryl/α,β-unsaturated/α-hetero) is 1. The lowest BCUT2D eigenvalue weighted by molar-refractivity contribution is -0.302. The molecule has 0 aromatic carbocycles. The number of ketones is 1. The molecular weight excluding hydrogens is 750 g/mol. The number of nitrogens with one attached hydrogen (secondary N) is 1. The van der Waals surface area contributed by atoms with E-state index in [-0.39, 0.29) is 49.3 Å². The summed E-state index contributed by atoms with van der Waals surface area (Å²) in [4.78, 5) is 36.6. The van der Waals surface area contributed by atoms with Gasteiger partial charge in [-0.2, -0.15) is 0 Å². The number of likely N-dealkylation sites (N-methyl/N-ethyl adjacent to an activating group) is 2. The highest BCUT2D eigenvalue weighted by Crippen LogP contribution is 2.38. The standard InChI is InChI=1S/C42H79N5O11/c1-14-33-42(8,53)37(51)30(6)43-25-32(48)26(2)24-41(7,54-13)38(58-40-35(50)31(45(11)12)23-27(3)55-40)28(4)36(29(5)39(52)56-33)57-34(49)15-16-46-19-21-47(22-20-46)18-17-44(9)10/h26-28,30-31,33-38,40,43,49-51,53H,5,14-25H2,1-4,6-13H3/t26-,27?,28+,30-,31+,33-,34?,35-,36+,37-,38-,40+,41-,42-/m1/s1. The topological polar surface area (TPSA) is 186 Å². The third kappa shape index (κ3) is 13.4. The third-order valence-electron chi connectivity index (χ3n) is 12.7. The largest absolute Gasteiger partial charge is 0.456 e. The van der Waals surface area contributed by atoms with Crippen LogP contribution in [0.1, 0.15) is 74.1 Å². The van der Waals surface area contributed by atoms with Gasteiger partial charge < -0.3 is 64.1 Å². The van der Waals surface area contributed by atoms with Gasteiger partial charge in [-0.1, -0.05) is 27.4 Å². The maximum Gasteiger partial charge on any atom is 0.336 e. The van der Waals surface area contributed by atoms with Crippen molar-refractivity contribution in [2.45, 2.75) is 147 Å². The summed E-state index contributed by atoms with van der Waals surface area (Å²) in [5.74, 6) is -2.48. The van der Waals surface area contributed by atoms with Crippen molar-refractivity contribution in [2.24, 2.45) is 11.8 Å². The molecule has 16 heteroatoms. The molecule has 0 aromatic heterocycles. The van der Waals surface area contributed by atoms with Crippen LogP contribution in [0.2, 0.25) is 0 Å². The van der Waals surface area contributed by atoms with Crippen LogP contribution in [0.3, 0.4) is 0 Å². The van der Waals surface area contributed by atoms with E-state index in [4.69, 9.17) is 23.7 Å². The number of cyclic esters (lactones) is 1. The summed E-state index contributed by atoms with van der Waals surface area (Å²) in [5.41, 5.74) is -3.31. The summed E-state index contributed by atoms with van der Waals surface area (Å²) < 4.78 is 31.6. The van der Waals surface area contributed by atoms with Gasteiger partial charge in [-0.05, 0) is 75.1 Å². The van der Waals surface area contributed by atoms with Gasteiger partial charge in [0.1, 0.15) is 29.7 Å². The molecule has 0 amide bonds. The van der Waals surface area contributed by atoms with Crippen LogP contribution in [-0.4, -0.2) is 212 Å². The highest BCUT2D eigenvalue weighted by Gasteiger charge is 2.50. The number of hydrogen-bond donors (Lipinski definition) is 5. The zero-order valence-corrected chi connectivity index (χ0v) is 37.6. The number of carbonyl (C=O) groups excluding carboxylic acids is 2. The number of aliphatic hydroxyl groups is 4. The van der Waals surface area contributed by atoms with Crippen LogP contribution in [0.4, 0.5) is 0 Å². The van der Waals surface area contributed by atoms with Gasteiger partial charge in [-0.25, -0.2) is 4.79 Å². The molecule has 5 N–H and O–H groups in total. The molecule has 0 aliphatic carbocycles. The van der Waals surface area contributed by atoms with Crippen molar-refractivity contribution in [3.8, 4) is 0 Å². The van der Waals surface area contributed by atoms with Gasteiger partial charge in [0.25, 0.3) is 0 Å². The minimum atomic E-state index is -1.92. The fourth-order valence-electron chi connectivity index (χ4n) is 8.63. The van der Waals surface area contributed by atoms with E-state index in [9.17, 15) is 30.0 Å². The smallest absolute Gasteiger partial charge is 0.336 e. The highest BCUT2D eigenvalue weighted by atomic mass is 16.7. The van der Waals surface area contributed by atoms with Crippen molar-refractivity contribution < 1.29 is 53.7 Å². The number of rotatable bonds is 13. The summed E-state index contributed by atoms with van der Waals surface area (Å²) in [5, 5.41) is 49.1. The first kappa shape index (κ1) is 50.7. The first-order valence-electron chi connectivity index (χ1n) is 21.3. The number of nitrogens with zero attached hydrogens (tertiary/aromatic N) is 4. The Kier molecular flexibility index (Phi) is 19.6. The van der Waals surface area contributed by atoms with E-state index in [0.717, 1.165) is 39.3 Å². The quantitative estimate of drug-likeness (QED) is 0.0992.